The second-order valence-corrected chi connectivity index (χ2v) is 3.42. The van der Waals surface area contributed by atoms with Crippen LogP contribution in [-0.2, 0) is 7.05 Å². The molecule has 0 radical (unpaired) electrons. The zero-order chi connectivity index (χ0) is 10.1. The van der Waals surface area contributed by atoms with Crippen LogP contribution in [0.15, 0.2) is 24.3 Å². The first-order valence-electron chi connectivity index (χ1n) is 4.16. The van der Waals surface area contributed by atoms with E-state index in [0.717, 1.165) is 17.1 Å². The van der Waals surface area contributed by atoms with E-state index in [2.05, 4.69) is 10.2 Å². The van der Waals surface area contributed by atoms with Gasteiger partial charge in [-0.1, -0.05) is 12.1 Å². The molecule has 0 aliphatic carbocycles. The van der Waals surface area contributed by atoms with Gasteiger partial charge in [0, 0.05) is 18.3 Å². The number of hydrogen-bond donors (Lipinski definition) is 2. The van der Waals surface area contributed by atoms with Gasteiger partial charge in [-0.05, 0) is 24.4 Å². The van der Waals surface area contributed by atoms with Gasteiger partial charge < -0.3 is 10.3 Å². The third kappa shape index (κ3) is 1.42. The summed E-state index contributed by atoms with van der Waals surface area (Å²) in [5.41, 5.74) is 7.36. The van der Waals surface area contributed by atoms with Gasteiger partial charge in [0.1, 0.15) is 0 Å². The number of H-pyrrole nitrogens is 1. The molecule has 0 atom stereocenters. The van der Waals surface area contributed by atoms with E-state index in [-0.39, 0.29) is 0 Å². The Morgan fingerprint density at radius 1 is 1.50 bits per heavy atom. The van der Waals surface area contributed by atoms with Crippen LogP contribution < -0.4 is 5.73 Å². The topological polar surface area (TPSA) is 59.6 Å². The van der Waals surface area contributed by atoms with Crippen molar-refractivity contribution in [3.8, 4) is 11.4 Å². The largest absolute Gasteiger partial charge is 0.399 e. The number of anilines is 1. The third-order valence-corrected chi connectivity index (χ3v) is 2.39. The minimum absolute atomic E-state index is 0.599. The Morgan fingerprint density at radius 3 is 2.86 bits per heavy atom. The van der Waals surface area contributed by atoms with Crippen LogP contribution in [0.1, 0.15) is 0 Å². The van der Waals surface area contributed by atoms with E-state index in [9.17, 15) is 0 Å². The predicted molar refractivity (Wildman–Crippen MR) is 58.2 cm³/mol. The molecule has 3 N–H and O–H groups in total. The lowest BCUT2D eigenvalue weighted by Gasteiger charge is -2.00. The number of nitrogens with zero attached hydrogens (tertiary/aromatic N) is 2. The monoisotopic (exact) mass is 206 g/mol. The van der Waals surface area contributed by atoms with Crippen molar-refractivity contribution in [2.75, 3.05) is 5.73 Å². The van der Waals surface area contributed by atoms with Crippen LogP contribution in [0.2, 0.25) is 0 Å². The summed E-state index contributed by atoms with van der Waals surface area (Å²) in [5.74, 6) is 0.794. The highest BCUT2D eigenvalue weighted by atomic mass is 32.1. The number of aromatic nitrogens is 3. The zero-order valence-electron chi connectivity index (χ0n) is 7.69. The minimum Gasteiger partial charge on any atom is -0.399 e. The van der Waals surface area contributed by atoms with Crippen molar-refractivity contribution in [2.45, 2.75) is 0 Å². The second-order valence-electron chi connectivity index (χ2n) is 3.04. The summed E-state index contributed by atoms with van der Waals surface area (Å²) in [5, 5.41) is 6.85. The van der Waals surface area contributed by atoms with Crippen LogP contribution in [0.4, 0.5) is 5.69 Å². The first kappa shape index (κ1) is 8.96. The summed E-state index contributed by atoms with van der Waals surface area (Å²) in [7, 11) is 1.87. The molecule has 5 heteroatoms. The Morgan fingerprint density at radius 2 is 2.29 bits per heavy atom. The maximum atomic E-state index is 5.68. The van der Waals surface area contributed by atoms with Crippen LogP contribution in [-0.4, -0.2) is 14.8 Å². The molecule has 4 nitrogen and oxygen atoms in total. The molecule has 1 aromatic heterocycles. The summed E-state index contributed by atoms with van der Waals surface area (Å²) in [4.78, 5) is 0. The molecule has 1 heterocycles. The van der Waals surface area contributed by atoms with Crippen LogP contribution in [0, 0.1) is 4.77 Å². The molecule has 0 amide bonds. The first-order chi connectivity index (χ1) is 6.68. The minimum atomic E-state index is 0.599. The summed E-state index contributed by atoms with van der Waals surface area (Å²) in [6.45, 7) is 0. The van der Waals surface area contributed by atoms with Gasteiger partial charge >= 0.3 is 0 Å². The van der Waals surface area contributed by atoms with Gasteiger partial charge in [0.05, 0.1) is 0 Å². The van der Waals surface area contributed by atoms with Crippen molar-refractivity contribution in [3.05, 3.63) is 29.0 Å². The molecule has 0 saturated carbocycles. The number of benzene rings is 1. The van der Waals surface area contributed by atoms with E-state index in [4.69, 9.17) is 18.0 Å². The standard InChI is InChI=1S/C9H10N4S/c1-13-8(11-12-9(13)14)6-3-2-4-7(10)5-6/h2-5H,10H2,1H3,(H,12,14). The van der Waals surface area contributed by atoms with Crippen molar-refractivity contribution < 1.29 is 0 Å². The molecule has 0 bridgehead atoms. The van der Waals surface area contributed by atoms with E-state index < -0.39 is 0 Å². The summed E-state index contributed by atoms with van der Waals surface area (Å²) in [6, 6.07) is 7.54. The Hall–Kier alpha value is -1.62. The quantitative estimate of drug-likeness (QED) is 0.551. The van der Waals surface area contributed by atoms with Gasteiger partial charge in [0.25, 0.3) is 0 Å². The second kappa shape index (κ2) is 3.26. The Kier molecular flexibility index (Phi) is 2.09. The molecule has 0 aliphatic heterocycles. The first-order valence-corrected chi connectivity index (χ1v) is 4.56. The summed E-state index contributed by atoms with van der Waals surface area (Å²) >= 11 is 5.02. The van der Waals surface area contributed by atoms with Gasteiger partial charge in [-0.2, -0.15) is 5.10 Å². The maximum Gasteiger partial charge on any atom is 0.195 e. The molecule has 0 fully saturated rings. The predicted octanol–water partition coefficient (Wildman–Crippen LogP) is 1.73. The number of nitrogens with one attached hydrogen (secondary N) is 1. The molecule has 0 spiro atoms. The summed E-state index contributed by atoms with van der Waals surface area (Å²) < 4.78 is 2.41. The molecule has 0 saturated heterocycles. The molecule has 2 aromatic rings. The van der Waals surface area contributed by atoms with Crippen molar-refractivity contribution in [2.24, 2.45) is 7.05 Å². The van der Waals surface area contributed by atoms with Crippen molar-refractivity contribution in [1.82, 2.24) is 14.8 Å². The molecule has 72 valence electrons. The zero-order valence-corrected chi connectivity index (χ0v) is 8.51. The van der Waals surface area contributed by atoms with Gasteiger partial charge in [0.15, 0.2) is 10.6 Å². The van der Waals surface area contributed by atoms with Crippen LogP contribution >= 0.6 is 12.2 Å². The van der Waals surface area contributed by atoms with E-state index in [1.165, 1.54) is 0 Å². The highest BCUT2D eigenvalue weighted by Gasteiger charge is 2.04. The lowest BCUT2D eigenvalue weighted by molar-refractivity contribution is 0.902. The molecular weight excluding hydrogens is 196 g/mol. The van der Waals surface area contributed by atoms with Crippen LogP contribution in [0.5, 0.6) is 0 Å². The SMILES string of the molecule is Cn1c(-c2cccc(N)c2)n[nH]c1=S. The average molecular weight is 206 g/mol. The highest BCUT2D eigenvalue weighted by molar-refractivity contribution is 7.71. The normalized spacial score (nSPS) is 10.4. The van der Waals surface area contributed by atoms with E-state index >= 15 is 0 Å². The van der Waals surface area contributed by atoms with Crippen molar-refractivity contribution >= 4 is 17.9 Å². The van der Waals surface area contributed by atoms with E-state index in [1.54, 1.807) is 0 Å². The van der Waals surface area contributed by atoms with Crippen molar-refractivity contribution in [3.63, 3.8) is 0 Å². The van der Waals surface area contributed by atoms with Gasteiger partial charge in [-0.25, -0.2) is 0 Å². The molecule has 0 aliphatic rings. The van der Waals surface area contributed by atoms with Gasteiger partial charge in [0.2, 0.25) is 0 Å². The Labute approximate surface area is 86.4 Å². The average Bonchev–Trinajstić information content (AvgIpc) is 2.48. The number of nitrogens with two attached hydrogens (primary N) is 1. The Balaban J connectivity index is 2.60. The maximum absolute atomic E-state index is 5.68. The molecule has 14 heavy (non-hydrogen) atoms. The lowest BCUT2D eigenvalue weighted by atomic mass is 10.2. The molecule has 0 unspecified atom stereocenters. The fourth-order valence-electron chi connectivity index (χ4n) is 1.28. The molecule has 2 rings (SSSR count). The smallest absolute Gasteiger partial charge is 0.195 e. The summed E-state index contributed by atoms with van der Waals surface area (Å²) in [6.07, 6.45) is 0. The molecular formula is C9H10N4S. The van der Waals surface area contributed by atoms with Crippen molar-refractivity contribution in [1.29, 1.82) is 0 Å². The number of hydrogen-bond acceptors (Lipinski definition) is 3. The lowest BCUT2D eigenvalue weighted by Crippen LogP contribution is -1.93. The fraction of sp³-hybridized carbons (Fsp3) is 0.111. The fourth-order valence-corrected chi connectivity index (χ4v) is 1.42. The molecule has 1 aromatic carbocycles. The van der Waals surface area contributed by atoms with E-state index in [0.29, 0.717) is 4.77 Å². The Bertz CT molecular complexity index is 512. The number of nitrogen functional groups attached to an aromatic ring is 1. The van der Waals surface area contributed by atoms with Crippen LogP contribution in [0.25, 0.3) is 11.4 Å². The van der Waals surface area contributed by atoms with Crippen LogP contribution in [0.3, 0.4) is 0 Å². The van der Waals surface area contributed by atoms with E-state index in [1.807, 2.05) is 35.9 Å². The van der Waals surface area contributed by atoms with Gasteiger partial charge in [-0.15, -0.1) is 0 Å². The number of rotatable bonds is 1. The van der Waals surface area contributed by atoms with Gasteiger partial charge in [-0.3, -0.25) is 5.10 Å². The number of aromatic amines is 1. The third-order valence-electron chi connectivity index (χ3n) is 2.02. The highest BCUT2D eigenvalue weighted by Crippen LogP contribution is 2.18.